The fourth-order valence-electron chi connectivity index (χ4n) is 0.661. The van der Waals surface area contributed by atoms with Crippen LogP contribution < -0.4 is 4.74 Å². The van der Waals surface area contributed by atoms with E-state index in [1.54, 1.807) is 12.1 Å². The molecule has 0 aliphatic heterocycles. The summed E-state index contributed by atoms with van der Waals surface area (Å²) in [6.07, 6.45) is 0. The van der Waals surface area contributed by atoms with Gasteiger partial charge in [0.2, 0.25) is 0 Å². The minimum Gasteiger partial charge on any atom is -0.495 e. The summed E-state index contributed by atoms with van der Waals surface area (Å²) >= 11 is 17.1. The average molecular weight is 211 g/mol. The first-order valence-corrected chi connectivity index (χ1v) is 3.97. The SMILES string of the molecule is COc1cc(Cl)c(Cl)cc1Cl. The van der Waals surface area contributed by atoms with Crippen LogP contribution in [-0.4, -0.2) is 7.11 Å². The molecule has 0 unspecified atom stereocenters. The molecule has 0 aliphatic carbocycles. The summed E-state index contributed by atoms with van der Waals surface area (Å²) in [5.41, 5.74) is 0. The van der Waals surface area contributed by atoms with Gasteiger partial charge in [0.15, 0.2) is 0 Å². The van der Waals surface area contributed by atoms with Crippen LogP contribution in [-0.2, 0) is 0 Å². The number of halogens is 3. The smallest absolute Gasteiger partial charge is 0.139 e. The second kappa shape index (κ2) is 3.53. The lowest BCUT2D eigenvalue weighted by atomic mass is 10.3. The second-order valence-corrected chi connectivity index (χ2v) is 3.12. The van der Waals surface area contributed by atoms with Gasteiger partial charge in [-0.1, -0.05) is 34.8 Å². The minimum absolute atomic E-state index is 0.428. The summed E-state index contributed by atoms with van der Waals surface area (Å²) in [4.78, 5) is 0. The Bertz CT molecular complexity index is 273. The molecule has 1 rings (SSSR count). The van der Waals surface area contributed by atoms with Gasteiger partial charge < -0.3 is 4.74 Å². The van der Waals surface area contributed by atoms with Crippen LogP contribution in [0.2, 0.25) is 15.1 Å². The van der Waals surface area contributed by atoms with Crippen molar-refractivity contribution in [2.24, 2.45) is 0 Å². The fourth-order valence-corrected chi connectivity index (χ4v) is 1.27. The predicted octanol–water partition coefficient (Wildman–Crippen LogP) is 3.66. The van der Waals surface area contributed by atoms with E-state index in [1.165, 1.54) is 7.11 Å². The van der Waals surface area contributed by atoms with Crippen molar-refractivity contribution in [3.05, 3.63) is 27.2 Å². The van der Waals surface area contributed by atoms with E-state index in [2.05, 4.69) is 0 Å². The van der Waals surface area contributed by atoms with Gasteiger partial charge in [0.05, 0.1) is 22.2 Å². The molecule has 0 saturated carbocycles. The highest BCUT2D eigenvalue weighted by molar-refractivity contribution is 6.43. The molecule has 0 spiro atoms. The Morgan fingerprint density at radius 3 is 2.09 bits per heavy atom. The highest BCUT2D eigenvalue weighted by Crippen LogP contribution is 2.33. The Hall–Kier alpha value is -0.110. The monoisotopic (exact) mass is 210 g/mol. The normalized spacial score (nSPS) is 9.82. The minimum atomic E-state index is 0.428. The van der Waals surface area contributed by atoms with Gasteiger partial charge in [0.25, 0.3) is 0 Å². The summed E-state index contributed by atoms with van der Waals surface area (Å²) in [5, 5.41) is 1.33. The number of ether oxygens (including phenoxy) is 1. The van der Waals surface area contributed by atoms with Crippen molar-refractivity contribution in [3.63, 3.8) is 0 Å². The van der Waals surface area contributed by atoms with Crippen LogP contribution in [0.15, 0.2) is 12.1 Å². The molecule has 0 aliphatic rings. The number of hydrogen-bond acceptors (Lipinski definition) is 1. The largest absolute Gasteiger partial charge is 0.495 e. The van der Waals surface area contributed by atoms with Gasteiger partial charge in [-0.15, -0.1) is 0 Å². The van der Waals surface area contributed by atoms with Crippen LogP contribution in [0.25, 0.3) is 0 Å². The zero-order valence-electron chi connectivity index (χ0n) is 5.70. The van der Waals surface area contributed by atoms with Crippen LogP contribution in [0.4, 0.5) is 0 Å². The fraction of sp³-hybridized carbons (Fsp3) is 0.143. The molecule has 11 heavy (non-hydrogen) atoms. The maximum Gasteiger partial charge on any atom is 0.139 e. The topological polar surface area (TPSA) is 9.23 Å². The summed E-state index contributed by atoms with van der Waals surface area (Å²) < 4.78 is 4.91. The molecule has 0 N–H and O–H groups in total. The predicted molar refractivity (Wildman–Crippen MR) is 48.0 cm³/mol. The number of methoxy groups -OCH3 is 1. The van der Waals surface area contributed by atoms with Gasteiger partial charge in [-0.3, -0.25) is 0 Å². The van der Waals surface area contributed by atoms with Crippen LogP contribution in [0.3, 0.4) is 0 Å². The number of hydrogen-bond donors (Lipinski definition) is 0. The molecule has 1 nitrogen and oxygen atoms in total. The lowest BCUT2D eigenvalue weighted by Gasteiger charge is -2.03. The standard InChI is InChI=1S/C7H5Cl3O/c1-11-7-3-5(9)4(8)2-6(7)10/h2-3H,1H3. The Morgan fingerprint density at radius 2 is 1.55 bits per heavy atom. The van der Waals surface area contributed by atoms with Crippen LogP contribution in [0.5, 0.6) is 5.75 Å². The highest BCUT2D eigenvalue weighted by atomic mass is 35.5. The maximum absolute atomic E-state index is 5.73. The van der Waals surface area contributed by atoms with E-state index in [0.29, 0.717) is 20.8 Å². The van der Waals surface area contributed by atoms with E-state index < -0.39 is 0 Å². The zero-order chi connectivity index (χ0) is 8.43. The van der Waals surface area contributed by atoms with Gasteiger partial charge in [-0.2, -0.15) is 0 Å². The van der Waals surface area contributed by atoms with Gasteiger partial charge in [0, 0.05) is 6.07 Å². The molecule has 0 bridgehead atoms. The van der Waals surface area contributed by atoms with Crippen molar-refractivity contribution in [3.8, 4) is 5.75 Å². The molecule has 4 heteroatoms. The second-order valence-electron chi connectivity index (χ2n) is 1.90. The van der Waals surface area contributed by atoms with E-state index in [-0.39, 0.29) is 0 Å². The van der Waals surface area contributed by atoms with Crippen LogP contribution in [0.1, 0.15) is 0 Å². The lowest BCUT2D eigenvalue weighted by molar-refractivity contribution is 0.415. The van der Waals surface area contributed by atoms with E-state index in [9.17, 15) is 0 Å². The molecule has 0 radical (unpaired) electrons. The lowest BCUT2D eigenvalue weighted by Crippen LogP contribution is -1.83. The molecule has 0 saturated heterocycles. The van der Waals surface area contributed by atoms with Gasteiger partial charge in [0.1, 0.15) is 5.75 Å². The molecule has 1 aromatic rings. The molecular formula is C7H5Cl3O. The third-order valence-electron chi connectivity index (χ3n) is 1.19. The maximum atomic E-state index is 5.73. The summed E-state index contributed by atoms with van der Waals surface area (Å²) in [6.45, 7) is 0. The van der Waals surface area contributed by atoms with Crippen LogP contribution >= 0.6 is 34.8 Å². The first kappa shape index (κ1) is 8.98. The molecule has 60 valence electrons. The van der Waals surface area contributed by atoms with Gasteiger partial charge in [-0.05, 0) is 6.07 Å². The number of benzene rings is 1. The molecule has 0 heterocycles. The third kappa shape index (κ3) is 1.92. The number of rotatable bonds is 1. The van der Waals surface area contributed by atoms with Crippen molar-refractivity contribution in [2.75, 3.05) is 7.11 Å². The third-order valence-corrected chi connectivity index (χ3v) is 2.21. The van der Waals surface area contributed by atoms with E-state index in [0.717, 1.165) is 0 Å². The average Bonchev–Trinajstić information content (AvgIpc) is 1.97. The molecule has 0 aromatic heterocycles. The van der Waals surface area contributed by atoms with Crippen molar-refractivity contribution < 1.29 is 4.74 Å². The Balaban J connectivity index is 3.21. The molecular weight excluding hydrogens is 206 g/mol. The van der Waals surface area contributed by atoms with E-state index in [4.69, 9.17) is 39.5 Å². The van der Waals surface area contributed by atoms with Crippen molar-refractivity contribution in [1.29, 1.82) is 0 Å². The Morgan fingerprint density at radius 1 is 1.00 bits per heavy atom. The Kier molecular flexibility index (Phi) is 2.88. The Labute approximate surface area is 79.8 Å². The quantitative estimate of drug-likeness (QED) is 0.644. The molecule has 0 amide bonds. The van der Waals surface area contributed by atoms with Crippen molar-refractivity contribution in [1.82, 2.24) is 0 Å². The van der Waals surface area contributed by atoms with Crippen molar-refractivity contribution in [2.45, 2.75) is 0 Å². The summed E-state index contributed by atoms with van der Waals surface area (Å²) in [5.74, 6) is 0.529. The molecule has 1 aromatic carbocycles. The van der Waals surface area contributed by atoms with E-state index >= 15 is 0 Å². The van der Waals surface area contributed by atoms with Gasteiger partial charge >= 0.3 is 0 Å². The first-order valence-electron chi connectivity index (χ1n) is 2.83. The first-order chi connectivity index (χ1) is 5.15. The highest BCUT2D eigenvalue weighted by Gasteiger charge is 2.04. The summed E-state index contributed by atoms with van der Waals surface area (Å²) in [6, 6.07) is 3.12. The van der Waals surface area contributed by atoms with E-state index in [1.807, 2.05) is 0 Å². The van der Waals surface area contributed by atoms with Crippen LogP contribution in [0, 0.1) is 0 Å². The van der Waals surface area contributed by atoms with Crippen molar-refractivity contribution >= 4 is 34.8 Å². The molecule has 0 atom stereocenters. The summed E-state index contributed by atoms with van der Waals surface area (Å²) in [7, 11) is 1.52. The molecule has 0 fully saturated rings. The van der Waals surface area contributed by atoms with Gasteiger partial charge in [-0.25, -0.2) is 0 Å². The zero-order valence-corrected chi connectivity index (χ0v) is 7.96.